The molecule has 1 amide bonds. The number of carbonyl (C=O) groups excluding carboxylic acids is 1. The van der Waals surface area contributed by atoms with Crippen LogP contribution >= 0.6 is 15.9 Å². The van der Waals surface area contributed by atoms with E-state index in [0.29, 0.717) is 24.6 Å². The van der Waals surface area contributed by atoms with Crippen LogP contribution in [0, 0.1) is 0 Å². The summed E-state index contributed by atoms with van der Waals surface area (Å²) in [6.07, 6.45) is -0.0243. The molecule has 0 fully saturated rings. The highest BCUT2D eigenvalue weighted by Gasteiger charge is 2.13. The standard InChI is InChI=1S/C14H21BrN2O4/c1-19-10(7-16)6-13(18)17-8-9-4-11(15)14(21-3)12(5-9)20-2/h4-5,10H,6-8,16H2,1-3H3,(H,17,18). The summed E-state index contributed by atoms with van der Waals surface area (Å²) in [6, 6.07) is 3.69. The highest BCUT2D eigenvalue weighted by atomic mass is 79.9. The highest BCUT2D eigenvalue weighted by Crippen LogP contribution is 2.36. The van der Waals surface area contributed by atoms with Crippen molar-refractivity contribution in [2.24, 2.45) is 5.73 Å². The van der Waals surface area contributed by atoms with Crippen LogP contribution in [0.25, 0.3) is 0 Å². The molecule has 0 heterocycles. The Bertz CT molecular complexity index is 478. The fraction of sp³-hybridized carbons (Fsp3) is 0.500. The molecule has 1 rings (SSSR count). The molecule has 3 N–H and O–H groups in total. The smallest absolute Gasteiger partial charge is 0.222 e. The number of nitrogens with one attached hydrogen (secondary N) is 1. The number of hydrogen-bond acceptors (Lipinski definition) is 5. The molecule has 21 heavy (non-hydrogen) atoms. The largest absolute Gasteiger partial charge is 0.493 e. The summed E-state index contributed by atoms with van der Waals surface area (Å²) in [7, 11) is 4.68. The van der Waals surface area contributed by atoms with Crippen LogP contribution in [0.2, 0.25) is 0 Å². The van der Waals surface area contributed by atoms with Crippen molar-refractivity contribution in [3.05, 3.63) is 22.2 Å². The van der Waals surface area contributed by atoms with Crippen LogP contribution in [0.4, 0.5) is 0 Å². The molecule has 0 aliphatic rings. The fourth-order valence-electron chi connectivity index (χ4n) is 1.82. The van der Waals surface area contributed by atoms with Crippen molar-refractivity contribution in [1.82, 2.24) is 5.32 Å². The lowest BCUT2D eigenvalue weighted by Crippen LogP contribution is -2.31. The normalized spacial score (nSPS) is 11.9. The van der Waals surface area contributed by atoms with Gasteiger partial charge in [0, 0.05) is 20.2 Å². The fourth-order valence-corrected chi connectivity index (χ4v) is 2.47. The zero-order valence-corrected chi connectivity index (χ0v) is 14.0. The predicted octanol–water partition coefficient (Wildman–Crippen LogP) is 1.45. The van der Waals surface area contributed by atoms with Gasteiger partial charge in [-0.15, -0.1) is 0 Å². The van der Waals surface area contributed by atoms with Gasteiger partial charge in [-0.3, -0.25) is 4.79 Å². The SMILES string of the molecule is COc1cc(CNC(=O)CC(CN)OC)cc(Br)c1OC. The number of methoxy groups -OCH3 is 3. The topological polar surface area (TPSA) is 82.8 Å². The van der Waals surface area contributed by atoms with Crippen molar-refractivity contribution >= 4 is 21.8 Å². The second-order valence-corrected chi connectivity index (χ2v) is 5.24. The summed E-state index contributed by atoms with van der Waals surface area (Å²) in [4.78, 5) is 11.8. The number of nitrogens with two attached hydrogens (primary N) is 1. The zero-order chi connectivity index (χ0) is 15.8. The number of halogens is 1. The van der Waals surface area contributed by atoms with Gasteiger partial charge < -0.3 is 25.3 Å². The Morgan fingerprint density at radius 2 is 2.05 bits per heavy atom. The summed E-state index contributed by atoms with van der Waals surface area (Å²) in [5.74, 6) is 1.11. The maximum absolute atomic E-state index is 11.8. The number of rotatable bonds is 8. The van der Waals surface area contributed by atoms with Gasteiger partial charge in [0.2, 0.25) is 5.91 Å². The Morgan fingerprint density at radius 3 is 2.57 bits per heavy atom. The summed E-state index contributed by atoms with van der Waals surface area (Å²) in [6.45, 7) is 0.699. The predicted molar refractivity (Wildman–Crippen MR) is 83.6 cm³/mol. The first-order valence-electron chi connectivity index (χ1n) is 6.45. The average Bonchev–Trinajstić information content (AvgIpc) is 2.49. The molecule has 118 valence electrons. The number of hydrogen-bond donors (Lipinski definition) is 2. The van der Waals surface area contributed by atoms with Gasteiger partial charge in [-0.05, 0) is 33.6 Å². The van der Waals surface area contributed by atoms with Crippen molar-refractivity contribution in [1.29, 1.82) is 0 Å². The number of carbonyl (C=O) groups is 1. The third kappa shape index (κ3) is 5.18. The van der Waals surface area contributed by atoms with Crippen molar-refractivity contribution in [2.45, 2.75) is 19.1 Å². The number of benzene rings is 1. The minimum Gasteiger partial charge on any atom is -0.493 e. The first kappa shape index (κ1) is 17.7. The third-order valence-corrected chi connectivity index (χ3v) is 3.58. The van der Waals surface area contributed by atoms with Gasteiger partial charge in [0.15, 0.2) is 11.5 Å². The quantitative estimate of drug-likeness (QED) is 0.732. The van der Waals surface area contributed by atoms with Crippen molar-refractivity contribution in [3.8, 4) is 11.5 Å². The van der Waals surface area contributed by atoms with Crippen molar-refractivity contribution in [2.75, 3.05) is 27.9 Å². The lowest BCUT2D eigenvalue weighted by Gasteiger charge is -2.14. The Labute approximate surface area is 133 Å². The molecule has 1 aromatic rings. The Balaban J connectivity index is 2.67. The van der Waals surface area contributed by atoms with E-state index >= 15 is 0 Å². The van der Waals surface area contributed by atoms with Gasteiger partial charge in [0.1, 0.15) is 0 Å². The van der Waals surface area contributed by atoms with E-state index in [9.17, 15) is 4.79 Å². The maximum Gasteiger partial charge on any atom is 0.222 e. The van der Waals surface area contributed by atoms with Crippen LogP contribution in [0.15, 0.2) is 16.6 Å². The Kier molecular flexibility index (Phi) is 7.49. The minimum atomic E-state index is -0.262. The molecule has 0 spiro atoms. The molecule has 0 saturated heterocycles. The van der Waals surface area contributed by atoms with Crippen LogP contribution in [-0.4, -0.2) is 39.9 Å². The van der Waals surface area contributed by atoms with Crippen LogP contribution in [0.3, 0.4) is 0 Å². The first-order chi connectivity index (χ1) is 10.0. The lowest BCUT2D eigenvalue weighted by atomic mass is 10.2. The van der Waals surface area contributed by atoms with Gasteiger partial charge in [-0.2, -0.15) is 0 Å². The molecule has 1 atom stereocenters. The summed E-state index contributed by atoms with van der Waals surface area (Å²) in [5, 5.41) is 2.82. The van der Waals surface area contributed by atoms with Gasteiger partial charge in [-0.1, -0.05) is 0 Å². The van der Waals surface area contributed by atoms with E-state index in [1.807, 2.05) is 12.1 Å². The zero-order valence-electron chi connectivity index (χ0n) is 12.4. The Morgan fingerprint density at radius 1 is 1.33 bits per heavy atom. The number of ether oxygens (including phenoxy) is 3. The summed E-state index contributed by atoms with van der Waals surface area (Å²) in [5.41, 5.74) is 6.38. The Hall–Kier alpha value is -1.31. The van der Waals surface area contributed by atoms with E-state index in [1.54, 1.807) is 14.2 Å². The van der Waals surface area contributed by atoms with E-state index in [1.165, 1.54) is 7.11 Å². The van der Waals surface area contributed by atoms with E-state index in [4.69, 9.17) is 19.9 Å². The summed E-state index contributed by atoms with van der Waals surface area (Å²) < 4.78 is 16.3. The molecule has 0 bridgehead atoms. The molecular weight excluding hydrogens is 340 g/mol. The summed E-state index contributed by atoms with van der Waals surface area (Å²) >= 11 is 3.41. The maximum atomic E-state index is 11.8. The van der Waals surface area contributed by atoms with E-state index in [-0.39, 0.29) is 18.4 Å². The van der Waals surface area contributed by atoms with Gasteiger partial charge in [0.05, 0.1) is 31.2 Å². The monoisotopic (exact) mass is 360 g/mol. The molecular formula is C14H21BrN2O4. The lowest BCUT2D eigenvalue weighted by molar-refractivity contribution is -0.123. The molecule has 0 saturated carbocycles. The molecule has 0 aliphatic carbocycles. The van der Waals surface area contributed by atoms with Gasteiger partial charge in [-0.25, -0.2) is 0 Å². The molecule has 1 unspecified atom stereocenters. The van der Waals surface area contributed by atoms with Crippen molar-refractivity contribution in [3.63, 3.8) is 0 Å². The van der Waals surface area contributed by atoms with Crippen LogP contribution in [0.1, 0.15) is 12.0 Å². The molecule has 0 aliphatic heterocycles. The number of amides is 1. The minimum absolute atomic E-state index is 0.113. The first-order valence-corrected chi connectivity index (χ1v) is 7.24. The second kappa shape index (κ2) is 8.86. The van der Waals surface area contributed by atoms with Crippen molar-refractivity contribution < 1.29 is 19.0 Å². The van der Waals surface area contributed by atoms with E-state index in [2.05, 4.69) is 21.2 Å². The van der Waals surface area contributed by atoms with Gasteiger partial charge in [0.25, 0.3) is 0 Å². The van der Waals surface area contributed by atoms with Crippen LogP contribution in [0.5, 0.6) is 11.5 Å². The highest BCUT2D eigenvalue weighted by molar-refractivity contribution is 9.10. The van der Waals surface area contributed by atoms with Crippen LogP contribution < -0.4 is 20.5 Å². The van der Waals surface area contributed by atoms with E-state index in [0.717, 1.165) is 10.0 Å². The molecule has 7 heteroatoms. The molecule has 0 aromatic heterocycles. The van der Waals surface area contributed by atoms with E-state index < -0.39 is 0 Å². The third-order valence-electron chi connectivity index (χ3n) is 2.99. The molecule has 1 aromatic carbocycles. The van der Waals surface area contributed by atoms with Gasteiger partial charge >= 0.3 is 0 Å². The van der Waals surface area contributed by atoms with Crippen LogP contribution in [-0.2, 0) is 16.1 Å². The second-order valence-electron chi connectivity index (χ2n) is 4.39. The average molecular weight is 361 g/mol. The molecule has 0 radical (unpaired) electrons. The molecule has 6 nitrogen and oxygen atoms in total.